The molecule has 168 valence electrons. The normalized spacial score (nSPS) is 24.6. The lowest BCUT2D eigenvalue weighted by Crippen LogP contribution is -2.42. The number of carbonyl (C=O) groups is 2. The molecule has 2 aromatic rings. The van der Waals surface area contributed by atoms with Crippen molar-refractivity contribution in [2.24, 2.45) is 0 Å². The van der Waals surface area contributed by atoms with Crippen LogP contribution in [-0.2, 0) is 17.6 Å². The van der Waals surface area contributed by atoms with Crippen LogP contribution in [0.3, 0.4) is 0 Å². The highest BCUT2D eigenvalue weighted by atomic mass is 32.2. The highest BCUT2D eigenvalue weighted by Gasteiger charge is 2.43. The van der Waals surface area contributed by atoms with Gasteiger partial charge in [-0.25, -0.2) is 0 Å². The fraction of sp³-hybridized carbons (Fsp3) is 0.417. The standard InChI is InChI=1S/C24H28BNO5S/c1-13-14(2)20-18(15(3)19(13)27)9-10-23(4,31-20)12-30-17-7-5-16(6-8-17)11-24(25)21(28)26-22(29)32-24/h5-8,27H,9-12,25H2,1-4H3,(H,26,28,29)/t23?,24-/m0/s1. The Morgan fingerprint density at radius 1 is 1.16 bits per heavy atom. The molecule has 0 saturated carbocycles. The smallest absolute Gasteiger partial charge is 0.285 e. The van der Waals surface area contributed by atoms with Crippen molar-refractivity contribution in [2.45, 2.75) is 57.2 Å². The maximum Gasteiger partial charge on any atom is 0.285 e. The summed E-state index contributed by atoms with van der Waals surface area (Å²) in [7, 11) is 1.78. The minimum Gasteiger partial charge on any atom is -0.507 e. The van der Waals surface area contributed by atoms with Gasteiger partial charge in [0.15, 0.2) is 0 Å². The summed E-state index contributed by atoms with van der Waals surface area (Å²) in [5, 5.41) is 12.4. The van der Waals surface area contributed by atoms with Crippen LogP contribution in [-0.4, -0.2) is 41.0 Å². The number of carbonyl (C=O) groups excluding carboxylic acids is 2. The van der Waals surface area contributed by atoms with Gasteiger partial charge in [-0.3, -0.25) is 14.9 Å². The van der Waals surface area contributed by atoms with Gasteiger partial charge in [-0.15, -0.1) is 0 Å². The van der Waals surface area contributed by atoms with Crippen LogP contribution in [0.5, 0.6) is 17.2 Å². The summed E-state index contributed by atoms with van der Waals surface area (Å²) in [6, 6.07) is 7.62. The highest BCUT2D eigenvalue weighted by Crippen LogP contribution is 2.43. The van der Waals surface area contributed by atoms with Gasteiger partial charge >= 0.3 is 0 Å². The van der Waals surface area contributed by atoms with Crippen LogP contribution in [0.4, 0.5) is 4.79 Å². The van der Waals surface area contributed by atoms with E-state index in [4.69, 9.17) is 9.47 Å². The van der Waals surface area contributed by atoms with Gasteiger partial charge in [0.2, 0.25) is 5.91 Å². The van der Waals surface area contributed by atoms with E-state index in [1.807, 2.05) is 45.0 Å². The van der Waals surface area contributed by atoms with E-state index in [-0.39, 0.29) is 11.1 Å². The lowest BCUT2D eigenvalue weighted by atomic mass is 9.80. The van der Waals surface area contributed by atoms with E-state index in [9.17, 15) is 14.7 Å². The predicted molar refractivity (Wildman–Crippen MR) is 128 cm³/mol. The number of imide groups is 1. The van der Waals surface area contributed by atoms with Crippen molar-refractivity contribution in [1.29, 1.82) is 0 Å². The number of amides is 2. The molecule has 2 N–H and O–H groups in total. The number of rotatable bonds is 5. The Hall–Kier alpha value is -2.61. The van der Waals surface area contributed by atoms with E-state index >= 15 is 0 Å². The quantitative estimate of drug-likeness (QED) is 0.676. The van der Waals surface area contributed by atoms with E-state index in [1.165, 1.54) is 0 Å². The number of ether oxygens (including phenoxy) is 2. The second kappa shape index (κ2) is 8.07. The molecular formula is C24H28BNO5S. The van der Waals surface area contributed by atoms with Gasteiger partial charge in [0.05, 0.1) is 4.65 Å². The molecule has 2 heterocycles. The second-order valence-electron chi connectivity index (χ2n) is 9.27. The fourth-order valence-electron chi connectivity index (χ4n) is 4.34. The Labute approximate surface area is 193 Å². The van der Waals surface area contributed by atoms with Crippen molar-refractivity contribution in [3.05, 3.63) is 52.1 Å². The first kappa shape index (κ1) is 22.6. The molecule has 1 saturated heterocycles. The number of fused-ring (bicyclic) bond motifs is 1. The van der Waals surface area contributed by atoms with Crippen molar-refractivity contribution >= 4 is 30.8 Å². The Morgan fingerprint density at radius 3 is 2.47 bits per heavy atom. The van der Waals surface area contributed by atoms with Crippen LogP contribution in [0.15, 0.2) is 24.3 Å². The topological polar surface area (TPSA) is 84.9 Å². The zero-order chi connectivity index (χ0) is 23.3. The lowest BCUT2D eigenvalue weighted by molar-refractivity contribution is -0.119. The number of phenolic OH excluding ortho intramolecular Hbond substituents is 1. The Kier molecular flexibility index (Phi) is 5.69. The van der Waals surface area contributed by atoms with Crippen LogP contribution in [0, 0.1) is 20.8 Å². The van der Waals surface area contributed by atoms with Gasteiger partial charge in [-0.05, 0) is 81.3 Å². The molecule has 2 aliphatic heterocycles. The molecule has 0 bridgehead atoms. The molecule has 2 aromatic carbocycles. The van der Waals surface area contributed by atoms with Crippen molar-refractivity contribution in [2.75, 3.05) is 6.61 Å². The molecule has 0 spiro atoms. The molecule has 32 heavy (non-hydrogen) atoms. The minimum absolute atomic E-state index is 0.246. The van der Waals surface area contributed by atoms with Gasteiger partial charge in [0, 0.05) is 5.56 Å². The molecule has 1 unspecified atom stereocenters. The van der Waals surface area contributed by atoms with Crippen LogP contribution in [0.25, 0.3) is 0 Å². The van der Waals surface area contributed by atoms with Crippen LogP contribution in [0.1, 0.15) is 41.2 Å². The fourth-order valence-corrected chi connectivity index (χ4v) is 5.28. The second-order valence-corrected chi connectivity index (χ2v) is 10.7. The first-order valence-electron chi connectivity index (χ1n) is 10.8. The average Bonchev–Trinajstić information content (AvgIpc) is 3.01. The summed E-state index contributed by atoms with van der Waals surface area (Å²) >= 11 is 1.04. The van der Waals surface area contributed by atoms with E-state index in [0.29, 0.717) is 18.8 Å². The monoisotopic (exact) mass is 453 g/mol. The number of benzene rings is 2. The molecule has 2 atom stereocenters. The van der Waals surface area contributed by atoms with Gasteiger partial charge < -0.3 is 14.6 Å². The summed E-state index contributed by atoms with van der Waals surface area (Å²) in [5.74, 6) is 1.70. The van der Waals surface area contributed by atoms with E-state index < -0.39 is 10.2 Å². The summed E-state index contributed by atoms with van der Waals surface area (Å²) in [6.45, 7) is 8.28. The van der Waals surface area contributed by atoms with E-state index in [1.54, 1.807) is 7.85 Å². The van der Waals surface area contributed by atoms with Gasteiger partial charge in [0.1, 0.15) is 37.3 Å². The minimum atomic E-state index is -0.779. The first-order valence-corrected chi connectivity index (χ1v) is 11.6. The summed E-state index contributed by atoms with van der Waals surface area (Å²) in [4.78, 5) is 23.6. The largest absolute Gasteiger partial charge is 0.507 e. The lowest BCUT2D eigenvalue weighted by Gasteiger charge is -2.37. The number of phenols is 1. The number of aromatic hydroxyl groups is 1. The Morgan fingerprint density at radius 2 is 1.84 bits per heavy atom. The van der Waals surface area contributed by atoms with Gasteiger partial charge in [-0.1, -0.05) is 23.9 Å². The van der Waals surface area contributed by atoms with Gasteiger partial charge in [0.25, 0.3) is 5.24 Å². The summed E-state index contributed by atoms with van der Waals surface area (Å²) < 4.78 is 11.7. The molecular weight excluding hydrogens is 425 g/mol. The van der Waals surface area contributed by atoms with Crippen LogP contribution < -0.4 is 14.8 Å². The van der Waals surface area contributed by atoms with E-state index in [2.05, 4.69) is 12.2 Å². The summed E-state index contributed by atoms with van der Waals surface area (Å²) in [5.41, 5.74) is 4.29. The number of hydrogen-bond donors (Lipinski definition) is 2. The highest BCUT2D eigenvalue weighted by molar-refractivity contribution is 8.17. The molecule has 0 aromatic heterocycles. The molecule has 8 heteroatoms. The van der Waals surface area contributed by atoms with Crippen LogP contribution >= 0.6 is 11.8 Å². The maximum absolute atomic E-state index is 12.1. The summed E-state index contributed by atoms with van der Waals surface area (Å²) in [6.07, 6.45) is 2.09. The molecule has 1 fully saturated rings. The van der Waals surface area contributed by atoms with Crippen molar-refractivity contribution in [3.63, 3.8) is 0 Å². The molecule has 0 radical (unpaired) electrons. The number of nitrogens with one attached hydrogen (secondary N) is 1. The van der Waals surface area contributed by atoms with Gasteiger partial charge in [-0.2, -0.15) is 0 Å². The third-order valence-electron chi connectivity index (χ3n) is 6.62. The predicted octanol–water partition coefficient (Wildman–Crippen LogP) is 3.34. The number of hydrogen-bond acceptors (Lipinski definition) is 6. The molecule has 6 nitrogen and oxygen atoms in total. The SMILES string of the molecule is B[C@@]1(Cc2ccc(OCC3(C)CCc4c(C)c(O)c(C)c(C)c4O3)cc2)SC(=O)NC1=O. The zero-order valence-corrected chi connectivity index (χ0v) is 19.9. The van der Waals surface area contributed by atoms with Crippen molar-refractivity contribution < 1.29 is 24.2 Å². The molecule has 0 aliphatic carbocycles. The molecule has 2 amide bonds. The average molecular weight is 453 g/mol. The zero-order valence-electron chi connectivity index (χ0n) is 19.1. The maximum atomic E-state index is 12.1. The van der Waals surface area contributed by atoms with E-state index in [0.717, 1.165) is 63.9 Å². The Bertz CT molecular complexity index is 1100. The third kappa shape index (κ3) is 4.08. The molecule has 4 rings (SSSR count). The third-order valence-corrected chi connectivity index (χ3v) is 7.68. The van der Waals surface area contributed by atoms with Crippen molar-refractivity contribution in [3.8, 4) is 17.2 Å². The Balaban J connectivity index is 1.42. The number of thioether (sulfide) groups is 1. The van der Waals surface area contributed by atoms with Crippen LogP contribution in [0.2, 0.25) is 0 Å². The van der Waals surface area contributed by atoms with Crippen molar-refractivity contribution in [1.82, 2.24) is 5.32 Å². The first-order chi connectivity index (χ1) is 15.0. The molecule has 2 aliphatic rings.